The molecule has 1 atom stereocenters. The Morgan fingerprint density at radius 3 is 2.59 bits per heavy atom. The van der Waals surface area contributed by atoms with Gasteiger partial charge in [0.05, 0.1) is 11.5 Å². The van der Waals surface area contributed by atoms with Crippen LogP contribution in [0.4, 0.5) is 24.5 Å². The molecule has 2 amide bonds. The van der Waals surface area contributed by atoms with Gasteiger partial charge in [0.2, 0.25) is 0 Å². The molecule has 2 aromatic carbocycles. The summed E-state index contributed by atoms with van der Waals surface area (Å²) in [7, 11) is 0. The fourth-order valence-corrected chi connectivity index (χ4v) is 3.36. The number of nitro benzene ring substituents is 1. The van der Waals surface area contributed by atoms with Gasteiger partial charge in [-0.05, 0) is 31.0 Å². The minimum atomic E-state index is -4.72. The summed E-state index contributed by atoms with van der Waals surface area (Å²) < 4.78 is 44.8. The summed E-state index contributed by atoms with van der Waals surface area (Å²) in [6.45, 7) is -1.74. The Morgan fingerprint density at radius 2 is 1.94 bits per heavy atom. The van der Waals surface area contributed by atoms with Crippen LogP contribution in [-0.4, -0.2) is 47.1 Å². The number of ether oxygens (including phenoxy) is 1. The van der Waals surface area contributed by atoms with E-state index in [0.717, 1.165) is 12.5 Å². The fourth-order valence-electron chi connectivity index (χ4n) is 3.36. The number of carbonyl (C=O) groups excluding carboxylic acids is 2. The topological polar surface area (TPSA) is 102 Å². The lowest BCUT2D eigenvalue weighted by Gasteiger charge is -2.24. The summed E-state index contributed by atoms with van der Waals surface area (Å²) in [5.74, 6) is -1.38. The van der Waals surface area contributed by atoms with Crippen molar-refractivity contribution in [2.24, 2.45) is 0 Å². The van der Waals surface area contributed by atoms with E-state index >= 15 is 0 Å². The molecule has 0 saturated carbocycles. The molecule has 1 unspecified atom stereocenters. The van der Waals surface area contributed by atoms with Gasteiger partial charge in [-0.3, -0.25) is 19.7 Å². The van der Waals surface area contributed by atoms with Crippen molar-refractivity contribution >= 4 is 23.2 Å². The van der Waals surface area contributed by atoms with Crippen molar-refractivity contribution < 1.29 is 32.4 Å². The molecule has 32 heavy (non-hydrogen) atoms. The van der Waals surface area contributed by atoms with Gasteiger partial charge in [-0.25, -0.2) is 0 Å². The maximum absolute atomic E-state index is 13.2. The standard InChI is InChI=1S/C21H20F3N3O5/c22-21(23,24)13-26(12-15-5-1-2-8-17(15)27(30)31)20(29)14-6-3-7-16(11-14)25-19(28)18-9-4-10-32-18/h1-3,5-8,11,18H,4,9-10,12-13H2,(H,25,28). The van der Waals surface area contributed by atoms with Gasteiger partial charge in [0.1, 0.15) is 12.6 Å². The molecule has 3 rings (SSSR count). The Morgan fingerprint density at radius 1 is 1.19 bits per heavy atom. The minimum Gasteiger partial charge on any atom is -0.368 e. The zero-order valence-electron chi connectivity index (χ0n) is 16.8. The van der Waals surface area contributed by atoms with Crippen molar-refractivity contribution in [3.8, 4) is 0 Å². The molecule has 1 saturated heterocycles. The molecular weight excluding hydrogens is 431 g/mol. The van der Waals surface area contributed by atoms with Crippen LogP contribution in [0.2, 0.25) is 0 Å². The van der Waals surface area contributed by atoms with Gasteiger partial charge in [-0.1, -0.05) is 24.3 Å². The maximum atomic E-state index is 13.2. The molecule has 11 heteroatoms. The summed E-state index contributed by atoms with van der Waals surface area (Å²) in [6, 6.07) is 10.8. The summed E-state index contributed by atoms with van der Waals surface area (Å²) in [4.78, 5) is 36.1. The number of nitrogens with zero attached hydrogens (tertiary/aromatic N) is 2. The highest BCUT2D eigenvalue weighted by Gasteiger charge is 2.34. The third-order valence-electron chi connectivity index (χ3n) is 4.81. The number of amides is 2. The van der Waals surface area contributed by atoms with Gasteiger partial charge in [0.25, 0.3) is 17.5 Å². The Kier molecular flexibility index (Phi) is 7.08. The fraction of sp³-hybridized carbons (Fsp3) is 0.333. The van der Waals surface area contributed by atoms with Crippen LogP contribution in [0.25, 0.3) is 0 Å². The molecule has 1 fully saturated rings. The number of para-hydroxylation sites is 1. The van der Waals surface area contributed by atoms with Crippen LogP contribution < -0.4 is 5.32 Å². The molecule has 0 spiro atoms. The molecule has 0 radical (unpaired) electrons. The lowest BCUT2D eigenvalue weighted by molar-refractivity contribution is -0.385. The number of anilines is 1. The van der Waals surface area contributed by atoms with Gasteiger partial charge >= 0.3 is 6.18 Å². The quantitative estimate of drug-likeness (QED) is 0.508. The van der Waals surface area contributed by atoms with Gasteiger partial charge in [-0.15, -0.1) is 0 Å². The Hall–Kier alpha value is -3.47. The molecule has 1 N–H and O–H groups in total. The highest BCUT2D eigenvalue weighted by molar-refractivity contribution is 5.98. The predicted octanol–water partition coefficient (Wildman–Crippen LogP) is 3.92. The average molecular weight is 451 g/mol. The molecule has 170 valence electrons. The van der Waals surface area contributed by atoms with E-state index in [-0.39, 0.29) is 22.5 Å². The van der Waals surface area contributed by atoms with Gasteiger partial charge in [0.15, 0.2) is 0 Å². The number of hydrogen-bond acceptors (Lipinski definition) is 5. The second-order valence-corrected chi connectivity index (χ2v) is 7.23. The monoisotopic (exact) mass is 451 g/mol. The first-order chi connectivity index (χ1) is 15.1. The second kappa shape index (κ2) is 9.77. The van der Waals surface area contributed by atoms with Gasteiger partial charge in [-0.2, -0.15) is 13.2 Å². The number of halogens is 3. The van der Waals surface area contributed by atoms with Crippen LogP contribution in [0.3, 0.4) is 0 Å². The number of carbonyl (C=O) groups is 2. The zero-order valence-corrected chi connectivity index (χ0v) is 16.8. The molecule has 1 aliphatic rings. The first kappa shape index (κ1) is 23.2. The van der Waals surface area contributed by atoms with E-state index in [1.807, 2.05) is 0 Å². The lowest BCUT2D eigenvalue weighted by atomic mass is 10.1. The molecule has 0 aliphatic carbocycles. The van der Waals surface area contributed by atoms with Crippen LogP contribution in [0, 0.1) is 10.1 Å². The van der Waals surface area contributed by atoms with Gasteiger partial charge < -0.3 is 15.0 Å². The number of nitrogens with one attached hydrogen (secondary N) is 1. The first-order valence-corrected chi connectivity index (χ1v) is 9.75. The Bertz CT molecular complexity index is 1010. The van der Waals surface area contributed by atoms with Crippen molar-refractivity contribution in [2.45, 2.75) is 31.7 Å². The zero-order chi connectivity index (χ0) is 23.3. The molecule has 0 bridgehead atoms. The van der Waals surface area contributed by atoms with E-state index < -0.39 is 42.1 Å². The molecule has 1 heterocycles. The number of alkyl halides is 3. The van der Waals surface area contributed by atoms with Gasteiger partial charge in [0, 0.05) is 29.5 Å². The number of hydrogen-bond donors (Lipinski definition) is 1. The van der Waals surface area contributed by atoms with Crippen LogP contribution in [0.5, 0.6) is 0 Å². The summed E-state index contributed by atoms with van der Waals surface area (Å²) in [6.07, 6.45) is -4.03. The van der Waals surface area contributed by atoms with E-state index in [1.165, 1.54) is 42.5 Å². The van der Waals surface area contributed by atoms with Crippen molar-refractivity contribution in [3.05, 3.63) is 69.8 Å². The normalized spacial score (nSPS) is 15.9. The van der Waals surface area contributed by atoms with Crippen molar-refractivity contribution in [2.75, 3.05) is 18.5 Å². The number of rotatable bonds is 7. The third kappa shape index (κ3) is 6.03. The van der Waals surface area contributed by atoms with Crippen LogP contribution in [0.1, 0.15) is 28.8 Å². The van der Waals surface area contributed by atoms with Crippen molar-refractivity contribution in [3.63, 3.8) is 0 Å². The van der Waals surface area contributed by atoms with Crippen LogP contribution in [0.15, 0.2) is 48.5 Å². The summed E-state index contributed by atoms with van der Waals surface area (Å²) in [5.41, 5.74) is -0.282. The summed E-state index contributed by atoms with van der Waals surface area (Å²) >= 11 is 0. The van der Waals surface area contributed by atoms with E-state index in [4.69, 9.17) is 4.74 Å². The Balaban J connectivity index is 1.83. The SMILES string of the molecule is O=C(Nc1cccc(C(=O)N(Cc2ccccc2[N+](=O)[O-])CC(F)(F)F)c1)C1CCCO1. The highest BCUT2D eigenvalue weighted by atomic mass is 19.4. The van der Waals surface area contributed by atoms with Crippen LogP contribution in [-0.2, 0) is 16.1 Å². The van der Waals surface area contributed by atoms with E-state index in [1.54, 1.807) is 0 Å². The first-order valence-electron chi connectivity index (χ1n) is 9.75. The second-order valence-electron chi connectivity index (χ2n) is 7.23. The number of nitro groups is 1. The molecule has 1 aliphatic heterocycles. The lowest BCUT2D eigenvalue weighted by Crippen LogP contribution is -2.38. The third-order valence-corrected chi connectivity index (χ3v) is 4.81. The molecule has 8 nitrogen and oxygen atoms in total. The molecular formula is C21H20F3N3O5. The van der Waals surface area contributed by atoms with Crippen LogP contribution >= 0.6 is 0 Å². The average Bonchev–Trinajstić information content (AvgIpc) is 3.27. The van der Waals surface area contributed by atoms with E-state index in [2.05, 4.69) is 5.32 Å². The molecule has 0 aromatic heterocycles. The van der Waals surface area contributed by atoms with Crippen molar-refractivity contribution in [1.29, 1.82) is 0 Å². The molecule has 2 aromatic rings. The smallest absolute Gasteiger partial charge is 0.368 e. The van der Waals surface area contributed by atoms with Crippen molar-refractivity contribution in [1.82, 2.24) is 4.90 Å². The number of benzene rings is 2. The largest absolute Gasteiger partial charge is 0.406 e. The van der Waals surface area contributed by atoms with E-state index in [9.17, 15) is 32.9 Å². The van der Waals surface area contributed by atoms with E-state index in [0.29, 0.717) is 17.9 Å². The minimum absolute atomic E-state index is 0.0297. The summed E-state index contributed by atoms with van der Waals surface area (Å²) in [5, 5.41) is 13.8. The Labute approximate surface area is 181 Å². The maximum Gasteiger partial charge on any atom is 0.406 e. The predicted molar refractivity (Wildman–Crippen MR) is 108 cm³/mol. The highest BCUT2D eigenvalue weighted by Crippen LogP contribution is 2.25.